The van der Waals surface area contributed by atoms with E-state index in [1.54, 1.807) is 17.3 Å². The van der Waals surface area contributed by atoms with E-state index in [4.69, 9.17) is 9.47 Å². The van der Waals surface area contributed by atoms with Crippen LogP contribution < -0.4 is 0 Å². The van der Waals surface area contributed by atoms with Crippen LogP contribution in [0, 0.1) is 0 Å². The second kappa shape index (κ2) is 5.83. The highest BCUT2D eigenvalue weighted by Crippen LogP contribution is 2.43. The monoisotopic (exact) mass is 320 g/mol. The van der Waals surface area contributed by atoms with E-state index in [1.807, 2.05) is 12.1 Å². The number of carbonyl (C=O) groups excluding carboxylic acids is 1. The first-order valence-electron chi connectivity index (χ1n) is 8.29. The van der Waals surface area contributed by atoms with Crippen molar-refractivity contribution in [1.29, 1.82) is 0 Å². The zero-order chi connectivity index (χ0) is 15.9. The van der Waals surface area contributed by atoms with E-state index in [0.717, 1.165) is 18.4 Å². The molecule has 1 amide bonds. The first kappa shape index (κ1) is 15.0. The number of rotatable bonds is 4. The molecule has 5 nitrogen and oxygen atoms in total. The predicted molar refractivity (Wildman–Crippen MR) is 80.4 cm³/mol. The van der Waals surface area contributed by atoms with Gasteiger partial charge in [0.05, 0.1) is 25.4 Å². The molecule has 3 atom stereocenters. The fourth-order valence-corrected chi connectivity index (χ4v) is 3.62. The van der Waals surface area contributed by atoms with Gasteiger partial charge in [0, 0.05) is 18.9 Å². The number of hydrogen-bond donors (Lipinski definition) is 0. The summed E-state index contributed by atoms with van der Waals surface area (Å²) >= 11 is 0. The Kier molecular flexibility index (Phi) is 3.81. The van der Waals surface area contributed by atoms with Crippen LogP contribution in [0.5, 0.6) is 0 Å². The number of halogens is 1. The van der Waals surface area contributed by atoms with Gasteiger partial charge in [0.15, 0.2) is 5.67 Å². The molecule has 23 heavy (non-hydrogen) atoms. The number of ether oxygens (including phenoxy) is 2. The Bertz CT molecular complexity index is 578. The zero-order valence-corrected chi connectivity index (χ0v) is 13.0. The summed E-state index contributed by atoms with van der Waals surface area (Å²) in [4.78, 5) is 18.2. The molecule has 6 heteroatoms. The lowest BCUT2D eigenvalue weighted by atomic mass is 10.1. The molecule has 1 aromatic rings. The van der Waals surface area contributed by atoms with Crippen LogP contribution in [0.1, 0.15) is 31.2 Å². The van der Waals surface area contributed by atoms with Crippen LogP contribution in [0.3, 0.4) is 0 Å². The predicted octanol–water partition coefficient (Wildman–Crippen LogP) is 1.86. The Morgan fingerprint density at radius 3 is 3.09 bits per heavy atom. The topological polar surface area (TPSA) is 51.7 Å². The van der Waals surface area contributed by atoms with Crippen LogP contribution in [0.4, 0.5) is 4.39 Å². The van der Waals surface area contributed by atoms with Crippen LogP contribution in [-0.2, 0) is 20.9 Å². The molecule has 0 radical (unpaired) electrons. The standard InChI is InChI=1S/C17H21FN2O3/c18-17(5-6-17)16(21)20-8-9-22-14-4-3-13(20)15(14)23-11-12-2-1-7-19-10-12/h1-2,7,10,13-15H,3-6,8-9,11H2/t13-,14-,15-/m0/s1. The lowest BCUT2D eigenvalue weighted by Gasteiger charge is -2.32. The molecule has 1 aromatic heterocycles. The molecular formula is C17H21FN2O3. The molecule has 124 valence electrons. The van der Waals surface area contributed by atoms with Gasteiger partial charge in [-0.05, 0) is 37.3 Å². The van der Waals surface area contributed by atoms with Crippen molar-refractivity contribution < 1.29 is 18.7 Å². The average Bonchev–Trinajstić information content (AvgIpc) is 3.22. The van der Waals surface area contributed by atoms with Gasteiger partial charge in [0.25, 0.3) is 5.91 Å². The molecule has 0 aromatic carbocycles. The minimum atomic E-state index is -1.63. The van der Waals surface area contributed by atoms with Gasteiger partial charge < -0.3 is 14.4 Å². The third kappa shape index (κ3) is 2.85. The van der Waals surface area contributed by atoms with Crippen molar-refractivity contribution in [2.75, 3.05) is 13.2 Å². The number of aromatic nitrogens is 1. The summed E-state index contributed by atoms with van der Waals surface area (Å²) < 4.78 is 26.2. The van der Waals surface area contributed by atoms with Crippen molar-refractivity contribution in [2.45, 2.75) is 56.2 Å². The molecule has 1 aliphatic heterocycles. The molecule has 2 saturated carbocycles. The van der Waals surface area contributed by atoms with Crippen molar-refractivity contribution >= 4 is 5.91 Å². The summed E-state index contributed by atoms with van der Waals surface area (Å²) in [5.41, 5.74) is -0.644. The van der Waals surface area contributed by atoms with E-state index < -0.39 is 5.67 Å². The summed E-state index contributed by atoms with van der Waals surface area (Å²) in [5, 5.41) is 0. The quantitative estimate of drug-likeness (QED) is 0.850. The van der Waals surface area contributed by atoms with Crippen molar-refractivity contribution in [1.82, 2.24) is 9.88 Å². The van der Waals surface area contributed by atoms with Gasteiger partial charge in [0.2, 0.25) is 0 Å². The first-order chi connectivity index (χ1) is 11.2. The molecule has 0 unspecified atom stereocenters. The molecular weight excluding hydrogens is 299 g/mol. The fraction of sp³-hybridized carbons (Fsp3) is 0.647. The number of carbonyl (C=O) groups is 1. The molecule has 2 heterocycles. The van der Waals surface area contributed by atoms with Crippen LogP contribution in [-0.4, -0.2) is 52.9 Å². The van der Waals surface area contributed by atoms with Crippen LogP contribution in [0.2, 0.25) is 0 Å². The lowest BCUT2D eigenvalue weighted by molar-refractivity contribution is -0.143. The van der Waals surface area contributed by atoms with Gasteiger partial charge in [-0.1, -0.05) is 6.07 Å². The number of amides is 1. The first-order valence-corrected chi connectivity index (χ1v) is 8.29. The van der Waals surface area contributed by atoms with Crippen molar-refractivity contribution in [2.24, 2.45) is 0 Å². The fourth-order valence-electron chi connectivity index (χ4n) is 3.62. The molecule has 2 aliphatic carbocycles. The number of pyridine rings is 1. The van der Waals surface area contributed by atoms with Gasteiger partial charge in [-0.25, -0.2) is 4.39 Å². The summed E-state index contributed by atoms with van der Waals surface area (Å²) in [5.74, 6) is -0.372. The normalized spacial score (nSPS) is 31.7. The molecule has 3 fully saturated rings. The molecule has 0 spiro atoms. The zero-order valence-electron chi connectivity index (χ0n) is 13.0. The molecule has 1 saturated heterocycles. The van der Waals surface area contributed by atoms with E-state index >= 15 is 0 Å². The summed E-state index contributed by atoms with van der Waals surface area (Å²) in [6.45, 7) is 1.34. The lowest BCUT2D eigenvalue weighted by Crippen LogP contribution is -2.49. The summed E-state index contributed by atoms with van der Waals surface area (Å²) in [7, 11) is 0. The highest BCUT2D eigenvalue weighted by atomic mass is 19.1. The van der Waals surface area contributed by atoms with Crippen LogP contribution in [0.25, 0.3) is 0 Å². The number of fused-ring (bicyclic) bond motifs is 2. The Hall–Kier alpha value is -1.53. The van der Waals surface area contributed by atoms with Gasteiger partial charge in [-0.2, -0.15) is 0 Å². The Morgan fingerprint density at radius 2 is 2.35 bits per heavy atom. The van der Waals surface area contributed by atoms with Crippen molar-refractivity contribution in [3.8, 4) is 0 Å². The van der Waals surface area contributed by atoms with Gasteiger partial charge in [-0.3, -0.25) is 9.78 Å². The Morgan fingerprint density at radius 1 is 1.48 bits per heavy atom. The average molecular weight is 320 g/mol. The maximum Gasteiger partial charge on any atom is 0.260 e. The number of hydrogen-bond acceptors (Lipinski definition) is 4. The molecule has 0 N–H and O–H groups in total. The van der Waals surface area contributed by atoms with E-state index in [1.165, 1.54) is 0 Å². The van der Waals surface area contributed by atoms with Crippen LogP contribution >= 0.6 is 0 Å². The van der Waals surface area contributed by atoms with E-state index in [9.17, 15) is 9.18 Å². The maximum atomic E-state index is 14.2. The Labute approximate surface area is 134 Å². The second-order valence-electron chi connectivity index (χ2n) is 6.65. The smallest absolute Gasteiger partial charge is 0.260 e. The largest absolute Gasteiger partial charge is 0.374 e. The molecule has 3 aliphatic rings. The number of alkyl halides is 1. The van der Waals surface area contributed by atoms with E-state index in [2.05, 4.69) is 4.98 Å². The SMILES string of the molecule is O=C(N1CCO[C@H]2CC[C@H]1[C@@H]2OCc1cccnc1)C1(F)CC1. The van der Waals surface area contributed by atoms with Gasteiger partial charge in [-0.15, -0.1) is 0 Å². The second-order valence-corrected chi connectivity index (χ2v) is 6.65. The van der Waals surface area contributed by atoms with Crippen LogP contribution in [0.15, 0.2) is 24.5 Å². The highest BCUT2D eigenvalue weighted by molar-refractivity contribution is 5.88. The van der Waals surface area contributed by atoms with Gasteiger partial charge >= 0.3 is 0 Å². The number of nitrogens with zero attached hydrogens (tertiary/aromatic N) is 2. The van der Waals surface area contributed by atoms with E-state index in [0.29, 0.717) is 32.6 Å². The minimum Gasteiger partial charge on any atom is -0.374 e. The third-order valence-corrected chi connectivity index (χ3v) is 5.06. The minimum absolute atomic E-state index is 0.00997. The Balaban J connectivity index is 1.48. The summed E-state index contributed by atoms with van der Waals surface area (Å²) in [6.07, 6.45) is 5.65. The third-order valence-electron chi connectivity index (χ3n) is 5.06. The molecule has 4 rings (SSSR count). The maximum absolute atomic E-state index is 14.2. The molecule has 2 bridgehead atoms. The summed E-state index contributed by atoms with van der Waals surface area (Å²) in [6, 6.07) is 3.74. The highest BCUT2D eigenvalue weighted by Gasteiger charge is 2.56. The van der Waals surface area contributed by atoms with E-state index in [-0.39, 0.29) is 24.2 Å². The van der Waals surface area contributed by atoms with Crippen molar-refractivity contribution in [3.05, 3.63) is 30.1 Å². The van der Waals surface area contributed by atoms with Crippen molar-refractivity contribution in [3.63, 3.8) is 0 Å². The van der Waals surface area contributed by atoms with Gasteiger partial charge in [0.1, 0.15) is 6.10 Å².